The highest BCUT2D eigenvalue weighted by molar-refractivity contribution is 5.68. The van der Waals surface area contributed by atoms with Crippen LogP contribution in [0, 0.1) is 5.41 Å². The largest absolute Gasteiger partial charge is 0.465 e. The molecule has 0 aromatic carbocycles. The van der Waals surface area contributed by atoms with Crippen molar-refractivity contribution in [3.05, 3.63) is 0 Å². The molecule has 0 radical (unpaired) electrons. The zero-order chi connectivity index (χ0) is 11.7. The second-order valence-electron chi connectivity index (χ2n) is 5.19. The Morgan fingerprint density at radius 3 is 2.53 bits per heavy atom. The van der Waals surface area contributed by atoms with Crippen LogP contribution in [0.15, 0.2) is 0 Å². The third kappa shape index (κ3) is 1.85. The number of carbonyl (C=O) groups excluding carboxylic acids is 1. The fraction of sp³-hybridized carbons (Fsp3) is 0.818. The van der Waals surface area contributed by atoms with Crippen LogP contribution < -0.4 is 0 Å². The first kappa shape index (κ1) is 12.0. The molecule has 1 fully saturated rings. The molecule has 0 aromatic heterocycles. The molecular formula is C11H19NO3. The summed E-state index contributed by atoms with van der Waals surface area (Å²) in [6.45, 7) is 6.54. The van der Waals surface area contributed by atoms with Gasteiger partial charge in [0.1, 0.15) is 6.29 Å². The van der Waals surface area contributed by atoms with E-state index in [9.17, 15) is 9.59 Å². The third-order valence-electron chi connectivity index (χ3n) is 3.54. The number of nitrogens with zero attached hydrogens (tertiary/aromatic N) is 1. The monoisotopic (exact) mass is 213 g/mol. The molecule has 1 saturated heterocycles. The van der Waals surface area contributed by atoms with E-state index in [1.54, 1.807) is 0 Å². The van der Waals surface area contributed by atoms with Crippen LogP contribution in [0.5, 0.6) is 0 Å². The zero-order valence-electron chi connectivity index (χ0n) is 9.62. The number of hydrogen-bond donors (Lipinski definition) is 1. The van der Waals surface area contributed by atoms with E-state index in [4.69, 9.17) is 5.11 Å². The summed E-state index contributed by atoms with van der Waals surface area (Å²) < 4.78 is 0. The molecule has 1 aliphatic rings. The van der Waals surface area contributed by atoms with Crippen LogP contribution in [-0.4, -0.2) is 34.5 Å². The summed E-state index contributed by atoms with van der Waals surface area (Å²) >= 11 is 0. The number of rotatable bonds is 2. The lowest BCUT2D eigenvalue weighted by Gasteiger charge is -2.46. The number of hydrogen-bond acceptors (Lipinski definition) is 2. The highest BCUT2D eigenvalue weighted by atomic mass is 16.4. The van der Waals surface area contributed by atoms with Crippen molar-refractivity contribution in [2.45, 2.75) is 45.6 Å². The molecule has 0 spiro atoms. The van der Waals surface area contributed by atoms with Gasteiger partial charge in [0.05, 0.1) is 5.54 Å². The van der Waals surface area contributed by atoms with Crippen LogP contribution in [0.3, 0.4) is 0 Å². The van der Waals surface area contributed by atoms with Gasteiger partial charge in [-0.1, -0.05) is 20.8 Å². The molecule has 15 heavy (non-hydrogen) atoms. The second-order valence-corrected chi connectivity index (χ2v) is 5.19. The molecule has 1 amide bonds. The van der Waals surface area contributed by atoms with Gasteiger partial charge in [0.15, 0.2) is 0 Å². The van der Waals surface area contributed by atoms with E-state index in [1.807, 2.05) is 20.8 Å². The minimum Gasteiger partial charge on any atom is -0.465 e. The molecule has 1 atom stereocenters. The van der Waals surface area contributed by atoms with Crippen LogP contribution in [0.2, 0.25) is 0 Å². The maximum Gasteiger partial charge on any atom is 0.407 e. The number of likely N-dealkylation sites (tertiary alicyclic amines) is 1. The molecular weight excluding hydrogens is 194 g/mol. The van der Waals surface area contributed by atoms with Crippen molar-refractivity contribution in [2.75, 3.05) is 6.54 Å². The predicted molar refractivity (Wildman–Crippen MR) is 56.8 cm³/mol. The molecule has 0 bridgehead atoms. The van der Waals surface area contributed by atoms with E-state index in [0.717, 1.165) is 19.1 Å². The summed E-state index contributed by atoms with van der Waals surface area (Å²) in [7, 11) is 0. The van der Waals surface area contributed by atoms with Gasteiger partial charge in [-0.15, -0.1) is 0 Å². The first-order valence-corrected chi connectivity index (χ1v) is 5.29. The van der Waals surface area contributed by atoms with Crippen molar-refractivity contribution >= 4 is 12.4 Å². The number of amides is 1. The van der Waals surface area contributed by atoms with Crippen LogP contribution in [0.25, 0.3) is 0 Å². The van der Waals surface area contributed by atoms with Gasteiger partial charge in [0.2, 0.25) is 0 Å². The fourth-order valence-electron chi connectivity index (χ4n) is 2.59. The SMILES string of the molecule is CC(C)(C)C1(CC=O)CCCN1C(=O)O. The average molecular weight is 213 g/mol. The maximum atomic E-state index is 11.1. The second kappa shape index (κ2) is 3.83. The normalized spacial score (nSPS) is 26.7. The Morgan fingerprint density at radius 1 is 1.53 bits per heavy atom. The van der Waals surface area contributed by atoms with Gasteiger partial charge in [-0.3, -0.25) is 0 Å². The van der Waals surface area contributed by atoms with Gasteiger partial charge in [-0.05, 0) is 18.3 Å². The molecule has 1 rings (SSSR count). The lowest BCUT2D eigenvalue weighted by atomic mass is 9.70. The van der Waals surface area contributed by atoms with Crippen molar-refractivity contribution in [3.63, 3.8) is 0 Å². The van der Waals surface area contributed by atoms with Gasteiger partial charge in [-0.25, -0.2) is 4.79 Å². The fourth-order valence-corrected chi connectivity index (χ4v) is 2.59. The van der Waals surface area contributed by atoms with E-state index < -0.39 is 11.6 Å². The molecule has 1 heterocycles. The van der Waals surface area contributed by atoms with Crippen molar-refractivity contribution in [1.82, 2.24) is 4.90 Å². The molecule has 4 heteroatoms. The molecule has 0 aromatic rings. The van der Waals surface area contributed by atoms with Crippen LogP contribution in [-0.2, 0) is 4.79 Å². The lowest BCUT2D eigenvalue weighted by Crippen LogP contribution is -2.55. The Balaban J connectivity index is 3.09. The number of carbonyl (C=O) groups is 2. The van der Waals surface area contributed by atoms with Gasteiger partial charge in [-0.2, -0.15) is 0 Å². The quantitative estimate of drug-likeness (QED) is 0.715. The van der Waals surface area contributed by atoms with Crippen molar-refractivity contribution in [2.24, 2.45) is 5.41 Å². The van der Waals surface area contributed by atoms with E-state index in [-0.39, 0.29) is 5.41 Å². The Kier molecular flexibility index (Phi) is 3.07. The Labute approximate surface area is 90.3 Å². The number of carboxylic acid groups (broad SMARTS) is 1. The lowest BCUT2D eigenvalue weighted by molar-refractivity contribution is -0.111. The Morgan fingerprint density at radius 2 is 2.13 bits per heavy atom. The first-order chi connectivity index (χ1) is 6.85. The standard InChI is InChI=1S/C11H19NO3/c1-10(2,3)11(6-8-13)5-4-7-12(11)9(14)15/h8H,4-7H2,1-3H3,(H,14,15). The maximum absolute atomic E-state index is 11.1. The van der Waals surface area contributed by atoms with Gasteiger partial charge in [0.25, 0.3) is 0 Å². The van der Waals surface area contributed by atoms with Crippen LogP contribution in [0.1, 0.15) is 40.0 Å². The molecule has 86 valence electrons. The predicted octanol–water partition coefficient (Wildman–Crippen LogP) is 2.13. The van der Waals surface area contributed by atoms with Crippen LogP contribution >= 0.6 is 0 Å². The van der Waals surface area contributed by atoms with E-state index in [2.05, 4.69) is 0 Å². The van der Waals surface area contributed by atoms with E-state index in [0.29, 0.717) is 13.0 Å². The Hall–Kier alpha value is -1.06. The van der Waals surface area contributed by atoms with E-state index >= 15 is 0 Å². The third-order valence-corrected chi connectivity index (χ3v) is 3.54. The van der Waals surface area contributed by atoms with Crippen molar-refractivity contribution < 1.29 is 14.7 Å². The molecule has 1 aliphatic heterocycles. The minimum absolute atomic E-state index is 0.206. The van der Waals surface area contributed by atoms with Gasteiger partial charge < -0.3 is 14.8 Å². The average Bonchev–Trinajstić information content (AvgIpc) is 2.48. The smallest absolute Gasteiger partial charge is 0.407 e. The van der Waals surface area contributed by atoms with Gasteiger partial charge >= 0.3 is 6.09 Å². The van der Waals surface area contributed by atoms with E-state index in [1.165, 1.54) is 4.90 Å². The van der Waals surface area contributed by atoms with Crippen molar-refractivity contribution in [1.29, 1.82) is 0 Å². The molecule has 0 aliphatic carbocycles. The topological polar surface area (TPSA) is 57.6 Å². The van der Waals surface area contributed by atoms with Crippen molar-refractivity contribution in [3.8, 4) is 0 Å². The summed E-state index contributed by atoms with van der Waals surface area (Å²) in [5.41, 5.74) is -0.719. The summed E-state index contributed by atoms with van der Waals surface area (Å²) in [4.78, 5) is 23.4. The first-order valence-electron chi connectivity index (χ1n) is 5.29. The Bertz CT molecular complexity index is 269. The summed E-state index contributed by atoms with van der Waals surface area (Å²) in [6.07, 6.45) is 1.85. The molecule has 1 N–H and O–H groups in total. The summed E-state index contributed by atoms with van der Waals surface area (Å²) in [5, 5.41) is 9.15. The summed E-state index contributed by atoms with van der Waals surface area (Å²) in [5.74, 6) is 0. The minimum atomic E-state index is -0.913. The highest BCUT2D eigenvalue weighted by Crippen LogP contribution is 2.45. The molecule has 0 saturated carbocycles. The molecule has 1 unspecified atom stereocenters. The van der Waals surface area contributed by atoms with Crippen LogP contribution in [0.4, 0.5) is 4.79 Å². The summed E-state index contributed by atoms with van der Waals surface area (Å²) in [6, 6.07) is 0. The van der Waals surface area contributed by atoms with Gasteiger partial charge in [0, 0.05) is 13.0 Å². The highest BCUT2D eigenvalue weighted by Gasteiger charge is 2.51. The number of aldehydes is 1. The zero-order valence-corrected chi connectivity index (χ0v) is 9.62. The molecule has 4 nitrogen and oxygen atoms in total.